The number of hydrogen-bond donors (Lipinski definition) is 0. The number of carbonyl (C=O) groups is 1. The van der Waals surface area contributed by atoms with Crippen molar-refractivity contribution >= 4 is 17.5 Å². The van der Waals surface area contributed by atoms with E-state index in [2.05, 4.69) is 11.1 Å². The molecule has 0 saturated carbocycles. The third-order valence-electron chi connectivity index (χ3n) is 3.51. The molecule has 0 atom stereocenters. The molecule has 0 aliphatic heterocycles. The van der Waals surface area contributed by atoms with Crippen LogP contribution in [-0.2, 0) is 0 Å². The number of carbonyl (C=O) groups excluding carboxylic acids is 1. The van der Waals surface area contributed by atoms with Gasteiger partial charge in [-0.2, -0.15) is 5.26 Å². The Morgan fingerprint density at radius 1 is 1.24 bits per heavy atom. The number of hydrogen-bond acceptors (Lipinski definition) is 6. The number of methoxy groups -OCH3 is 1. The molecule has 0 N–H and O–H groups in total. The molecular weight excluding hydrogens is 336 g/mol. The molecule has 0 aliphatic carbocycles. The van der Waals surface area contributed by atoms with Gasteiger partial charge in [0.05, 0.1) is 24.7 Å². The molecule has 6 heteroatoms. The molecule has 0 unspecified atom stereocenters. The summed E-state index contributed by atoms with van der Waals surface area (Å²) < 4.78 is 10.4. The van der Waals surface area contributed by atoms with Crippen molar-refractivity contribution in [3.05, 3.63) is 65.9 Å². The Kier molecular flexibility index (Phi) is 5.17. The second-order valence-corrected chi connectivity index (χ2v) is 6.04. The molecule has 5 nitrogen and oxygen atoms in total. The Bertz CT molecular complexity index is 913. The standard InChI is InChI=1S/C19H14N2O3S/c1-23-15-7-4-13(5-8-15)17(22)12-25-19-14(11-20)6-9-16(21-19)18-3-2-10-24-18/h2-10H,12H2,1H3. The molecule has 0 bridgehead atoms. The zero-order valence-electron chi connectivity index (χ0n) is 13.4. The highest BCUT2D eigenvalue weighted by atomic mass is 32.2. The zero-order chi connectivity index (χ0) is 17.6. The van der Waals surface area contributed by atoms with Gasteiger partial charge in [-0.3, -0.25) is 4.79 Å². The minimum absolute atomic E-state index is 0.0401. The van der Waals surface area contributed by atoms with Crippen LogP contribution in [0.15, 0.2) is 64.2 Å². The van der Waals surface area contributed by atoms with Crippen molar-refractivity contribution in [2.24, 2.45) is 0 Å². The fourth-order valence-corrected chi connectivity index (χ4v) is 3.06. The van der Waals surface area contributed by atoms with Crippen molar-refractivity contribution < 1.29 is 13.9 Å². The number of ketones is 1. The SMILES string of the molecule is COc1ccc(C(=O)CSc2nc(-c3ccco3)ccc2C#N)cc1. The maximum absolute atomic E-state index is 12.3. The Hall–Kier alpha value is -3.04. The van der Waals surface area contributed by atoms with Gasteiger partial charge < -0.3 is 9.15 Å². The van der Waals surface area contributed by atoms with Gasteiger partial charge in [-0.1, -0.05) is 11.8 Å². The van der Waals surface area contributed by atoms with E-state index in [0.717, 1.165) is 0 Å². The number of thioether (sulfide) groups is 1. The van der Waals surface area contributed by atoms with E-state index in [0.29, 0.717) is 33.4 Å². The van der Waals surface area contributed by atoms with Crippen LogP contribution in [0.5, 0.6) is 5.75 Å². The van der Waals surface area contributed by atoms with Crippen molar-refractivity contribution in [3.8, 4) is 23.3 Å². The Morgan fingerprint density at radius 3 is 2.68 bits per heavy atom. The lowest BCUT2D eigenvalue weighted by Crippen LogP contribution is -2.03. The molecular formula is C19H14N2O3S. The fourth-order valence-electron chi connectivity index (χ4n) is 2.19. The zero-order valence-corrected chi connectivity index (χ0v) is 14.2. The predicted molar refractivity (Wildman–Crippen MR) is 94.7 cm³/mol. The first-order valence-corrected chi connectivity index (χ1v) is 8.45. The third-order valence-corrected chi connectivity index (χ3v) is 4.50. The average molecular weight is 350 g/mol. The van der Waals surface area contributed by atoms with Crippen LogP contribution in [0, 0.1) is 11.3 Å². The minimum atomic E-state index is -0.0401. The van der Waals surface area contributed by atoms with Gasteiger partial charge in [0.15, 0.2) is 11.5 Å². The van der Waals surface area contributed by atoms with E-state index in [9.17, 15) is 10.1 Å². The van der Waals surface area contributed by atoms with Crippen LogP contribution >= 0.6 is 11.8 Å². The van der Waals surface area contributed by atoms with E-state index >= 15 is 0 Å². The van der Waals surface area contributed by atoms with Crippen LogP contribution in [0.3, 0.4) is 0 Å². The summed E-state index contributed by atoms with van der Waals surface area (Å²) in [4.78, 5) is 16.8. The number of ether oxygens (including phenoxy) is 1. The topological polar surface area (TPSA) is 76.1 Å². The van der Waals surface area contributed by atoms with Gasteiger partial charge in [0.2, 0.25) is 0 Å². The molecule has 0 amide bonds. The van der Waals surface area contributed by atoms with E-state index < -0.39 is 0 Å². The second kappa shape index (κ2) is 7.69. The van der Waals surface area contributed by atoms with Crippen molar-refractivity contribution in [3.63, 3.8) is 0 Å². The molecule has 2 aromatic heterocycles. The quantitative estimate of drug-likeness (QED) is 0.490. The van der Waals surface area contributed by atoms with Crippen molar-refractivity contribution in [1.29, 1.82) is 5.26 Å². The fraction of sp³-hybridized carbons (Fsp3) is 0.105. The maximum atomic E-state index is 12.3. The van der Waals surface area contributed by atoms with Gasteiger partial charge in [0.25, 0.3) is 0 Å². The number of benzene rings is 1. The first kappa shape index (κ1) is 16.8. The van der Waals surface area contributed by atoms with Crippen LogP contribution in [0.4, 0.5) is 0 Å². The van der Waals surface area contributed by atoms with Crippen molar-refractivity contribution in [2.45, 2.75) is 5.03 Å². The Morgan fingerprint density at radius 2 is 2.04 bits per heavy atom. The first-order valence-electron chi connectivity index (χ1n) is 7.46. The van der Waals surface area contributed by atoms with Crippen LogP contribution in [0.1, 0.15) is 15.9 Å². The predicted octanol–water partition coefficient (Wildman–Crippen LogP) is 4.20. The Labute approximate surface area is 149 Å². The van der Waals surface area contributed by atoms with E-state index in [1.807, 2.05) is 0 Å². The lowest BCUT2D eigenvalue weighted by Gasteiger charge is -2.06. The average Bonchev–Trinajstić information content (AvgIpc) is 3.20. The molecule has 25 heavy (non-hydrogen) atoms. The maximum Gasteiger partial charge on any atom is 0.173 e. The van der Waals surface area contributed by atoms with Gasteiger partial charge in [0, 0.05) is 5.56 Å². The molecule has 124 valence electrons. The summed E-state index contributed by atoms with van der Waals surface area (Å²) in [5.41, 5.74) is 1.65. The molecule has 0 fully saturated rings. The summed E-state index contributed by atoms with van der Waals surface area (Å²) >= 11 is 1.24. The number of furan rings is 1. The monoisotopic (exact) mass is 350 g/mol. The van der Waals surface area contributed by atoms with Gasteiger partial charge in [-0.15, -0.1) is 0 Å². The van der Waals surface area contributed by atoms with Gasteiger partial charge in [-0.25, -0.2) is 4.98 Å². The molecule has 2 heterocycles. The number of Topliss-reactive ketones (excluding diaryl/α,β-unsaturated/α-hetero) is 1. The lowest BCUT2D eigenvalue weighted by molar-refractivity contribution is 0.102. The summed E-state index contributed by atoms with van der Waals surface area (Å²) in [6, 6.07) is 16.0. The second-order valence-electron chi connectivity index (χ2n) is 5.08. The number of nitrogens with zero attached hydrogens (tertiary/aromatic N) is 2. The van der Waals surface area contributed by atoms with Crippen LogP contribution in [-0.4, -0.2) is 23.6 Å². The largest absolute Gasteiger partial charge is 0.497 e. The van der Waals surface area contributed by atoms with Gasteiger partial charge >= 0.3 is 0 Å². The highest BCUT2D eigenvalue weighted by Crippen LogP contribution is 2.26. The number of nitriles is 1. The van der Waals surface area contributed by atoms with Crippen molar-refractivity contribution in [2.75, 3.05) is 12.9 Å². The lowest BCUT2D eigenvalue weighted by atomic mass is 10.1. The smallest absolute Gasteiger partial charge is 0.173 e. The van der Waals surface area contributed by atoms with Crippen molar-refractivity contribution in [1.82, 2.24) is 4.98 Å². The van der Waals surface area contributed by atoms with Gasteiger partial charge in [-0.05, 0) is 48.5 Å². The highest BCUT2D eigenvalue weighted by Gasteiger charge is 2.13. The normalized spacial score (nSPS) is 10.2. The molecule has 0 radical (unpaired) electrons. The summed E-state index contributed by atoms with van der Waals surface area (Å²) in [7, 11) is 1.58. The molecule has 0 spiro atoms. The highest BCUT2D eigenvalue weighted by molar-refractivity contribution is 8.00. The molecule has 3 aromatic rings. The van der Waals surface area contributed by atoms with E-state index in [1.165, 1.54) is 11.8 Å². The molecule has 0 saturated heterocycles. The van der Waals surface area contributed by atoms with Crippen LogP contribution < -0.4 is 4.74 Å². The van der Waals surface area contributed by atoms with E-state index in [1.54, 1.807) is 61.9 Å². The summed E-state index contributed by atoms with van der Waals surface area (Å²) in [5.74, 6) is 1.47. The van der Waals surface area contributed by atoms with Crippen LogP contribution in [0.25, 0.3) is 11.5 Å². The third kappa shape index (κ3) is 3.90. The molecule has 1 aromatic carbocycles. The number of pyridine rings is 1. The minimum Gasteiger partial charge on any atom is -0.497 e. The van der Waals surface area contributed by atoms with E-state index in [-0.39, 0.29) is 11.5 Å². The van der Waals surface area contributed by atoms with Crippen LogP contribution in [0.2, 0.25) is 0 Å². The molecule has 3 rings (SSSR count). The first-order chi connectivity index (χ1) is 12.2. The van der Waals surface area contributed by atoms with E-state index in [4.69, 9.17) is 9.15 Å². The van der Waals surface area contributed by atoms with Gasteiger partial charge in [0.1, 0.15) is 22.5 Å². The number of rotatable bonds is 6. The number of aromatic nitrogens is 1. The molecule has 0 aliphatic rings. The summed E-state index contributed by atoms with van der Waals surface area (Å²) in [5, 5.41) is 9.77. The summed E-state index contributed by atoms with van der Waals surface area (Å²) in [6.07, 6.45) is 1.56. The summed E-state index contributed by atoms with van der Waals surface area (Å²) in [6.45, 7) is 0. The Balaban J connectivity index is 1.76.